The summed E-state index contributed by atoms with van der Waals surface area (Å²) in [7, 11) is -3.28. The second-order valence-electron chi connectivity index (χ2n) is 2.23. The lowest BCUT2D eigenvalue weighted by Gasteiger charge is -2.18. The molecule has 0 aliphatic heterocycles. The van der Waals surface area contributed by atoms with Crippen LogP contribution in [0.1, 0.15) is 6.42 Å². The molecule has 70 valence electrons. The maximum absolute atomic E-state index is 8.52. The van der Waals surface area contributed by atoms with Crippen molar-refractivity contribution in [3.05, 3.63) is 0 Å². The van der Waals surface area contributed by atoms with E-state index in [1.54, 1.807) is 0 Å². The van der Waals surface area contributed by atoms with Crippen molar-refractivity contribution in [3.8, 4) is 0 Å². The largest absolute Gasteiger partial charge is 0.329 e. The van der Waals surface area contributed by atoms with E-state index in [0.717, 1.165) is 0 Å². The highest BCUT2D eigenvalue weighted by Gasteiger charge is 2.09. The SMILES string of the molecule is NCCNCCCS(O)(O)O. The van der Waals surface area contributed by atoms with Gasteiger partial charge in [0.1, 0.15) is 0 Å². The molecule has 0 unspecified atom stereocenters. The van der Waals surface area contributed by atoms with Crippen LogP contribution in [0.15, 0.2) is 0 Å². The Bertz CT molecular complexity index is 96.2. The third kappa shape index (κ3) is 10.2. The lowest BCUT2D eigenvalue weighted by molar-refractivity contribution is 0.374. The van der Waals surface area contributed by atoms with Crippen molar-refractivity contribution in [3.63, 3.8) is 0 Å². The monoisotopic (exact) mass is 184 g/mol. The minimum atomic E-state index is -3.28. The fourth-order valence-electron chi connectivity index (χ4n) is 0.618. The molecule has 0 heterocycles. The van der Waals surface area contributed by atoms with Crippen LogP contribution in [0.4, 0.5) is 0 Å². The average Bonchev–Trinajstić information content (AvgIpc) is 1.85. The first kappa shape index (κ1) is 11.2. The molecule has 0 aliphatic carbocycles. The van der Waals surface area contributed by atoms with Crippen LogP contribution < -0.4 is 11.1 Å². The zero-order chi connectivity index (χ0) is 8.74. The fourth-order valence-corrected chi connectivity index (χ4v) is 1.15. The summed E-state index contributed by atoms with van der Waals surface area (Å²) >= 11 is 0. The van der Waals surface area contributed by atoms with Crippen LogP contribution in [0.25, 0.3) is 0 Å². The van der Waals surface area contributed by atoms with Crippen molar-refractivity contribution >= 4 is 10.9 Å². The normalized spacial score (nSPS) is 13.5. The molecule has 0 saturated carbocycles. The van der Waals surface area contributed by atoms with Gasteiger partial charge in [-0.05, 0) is 13.0 Å². The second kappa shape index (κ2) is 5.76. The van der Waals surface area contributed by atoms with Gasteiger partial charge in [0, 0.05) is 18.8 Å². The maximum atomic E-state index is 8.52. The van der Waals surface area contributed by atoms with Gasteiger partial charge in [-0.2, -0.15) is 0 Å². The highest BCUT2D eigenvalue weighted by Crippen LogP contribution is 2.32. The average molecular weight is 184 g/mol. The number of hydrogen-bond donors (Lipinski definition) is 5. The molecule has 6 heteroatoms. The summed E-state index contributed by atoms with van der Waals surface area (Å²) in [6, 6.07) is 0. The lowest BCUT2D eigenvalue weighted by atomic mass is 10.5. The number of nitrogens with one attached hydrogen (secondary N) is 1. The van der Waals surface area contributed by atoms with E-state index in [0.29, 0.717) is 26.1 Å². The molecule has 6 N–H and O–H groups in total. The highest BCUT2D eigenvalue weighted by molar-refractivity contribution is 8.19. The van der Waals surface area contributed by atoms with Crippen molar-refractivity contribution in [2.45, 2.75) is 6.42 Å². The molecular weight excluding hydrogens is 168 g/mol. The lowest BCUT2D eigenvalue weighted by Crippen LogP contribution is -2.24. The first-order valence-corrected chi connectivity index (χ1v) is 5.12. The van der Waals surface area contributed by atoms with Crippen molar-refractivity contribution in [1.82, 2.24) is 5.32 Å². The molecule has 0 spiro atoms. The van der Waals surface area contributed by atoms with E-state index in [9.17, 15) is 0 Å². The molecule has 0 rings (SSSR count). The fraction of sp³-hybridized carbons (Fsp3) is 1.00. The molecule has 0 saturated heterocycles. The van der Waals surface area contributed by atoms with E-state index in [1.807, 2.05) is 0 Å². The summed E-state index contributed by atoms with van der Waals surface area (Å²) in [6.45, 7) is 1.92. The smallest absolute Gasteiger partial charge is 0.0810 e. The van der Waals surface area contributed by atoms with Gasteiger partial charge in [-0.25, -0.2) is 0 Å². The van der Waals surface area contributed by atoms with Gasteiger partial charge in [-0.1, -0.05) is 0 Å². The van der Waals surface area contributed by atoms with E-state index < -0.39 is 10.9 Å². The zero-order valence-electron chi connectivity index (χ0n) is 6.36. The van der Waals surface area contributed by atoms with Gasteiger partial charge in [-0.3, -0.25) is 0 Å². The van der Waals surface area contributed by atoms with Gasteiger partial charge in [0.25, 0.3) is 0 Å². The van der Waals surface area contributed by atoms with E-state index in [2.05, 4.69) is 5.32 Å². The van der Waals surface area contributed by atoms with Crippen LogP contribution in [0, 0.1) is 0 Å². The Labute approximate surface area is 68.2 Å². The van der Waals surface area contributed by atoms with Crippen LogP contribution in [0.2, 0.25) is 0 Å². The summed E-state index contributed by atoms with van der Waals surface area (Å²) in [6.07, 6.45) is 0.541. The first-order valence-electron chi connectivity index (χ1n) is 3.45. The summed E-state index contributed by atoms with van der Waals surface area (Å²) in [4.78, 5) is 0. The van der Waals surface area contributed by atoms with E-state index in [4.69, 9.17) is 19.4 Å². The minimum Gasteiger partial charge on any atom is -0.329 e. The summed E-state index contributed by atoms with van der Waals surface area (Å²) < 4.78 is 25.5. The number of rotatable bonds is 6. The van der Waals surface area contributed by atoms with E-state index in [-0.39, 0.29) is 5.75 Å². The Hall–Kier alpha value is 0.150. The summed E-state index contributed by atoms with van der Waals surface area (Å²) in [5.41, 5.74) is 5.19. The molecule has 0 aliphatic rings. The Morgan fingerprint density at radius 2 is 1.82 bits per heavy atom. The van der Waals surface area contributed by atoms with Gasteiger partial charge in [0.15, 0.2) is 0 Å². The summed E-state index contributed by atoms with van der Waals surface area (Å²) in [5, 5.41) is 2.96. The van der Waals surface area contributed by atoms with Crippen LogP contribution in [0.5, 0.6) is 0 Å². The molecule has 0 aromatic heterocycles. The van der Waals surface area contributed by atoms with E-state index >= 15 is 0 Å². The predicted octanol–water partition coefficient (Wildman–Crippen LogP) is 0.148. The maximum Gasteiger partial charge on any atom is 0.0810 e. The van der Waals surface area contributed by atoms with Gasteiger partial charge in [0.05, 0.1) is 10.9 Å². The molecule has 11 heavy (non-hydrogen) atoms. The molecule has 5 nitrogen and oxygen atoms in total. The topological polar surface area (TPSA) is 98.7 Å². The third-order valence-electron chi connectivity index (χ3n) is 1.09. The molecule has 0 atom stereocenters. The molecule has 0 amide bonds. The van der Waals surface area contributed by atoms with Gasteiger partial charge < -0.3 is 24.7 Å². The third-order valence-corrected chi connectivity index (χ3v) is 1.93. The Morgan fingerprint density at radius 1 is 1.18 bits per heavy atom. The van der Waals surface area contributed by atoms with Crippen molar-refractivity contribution in [2.75, 3.05) is 25.4 Å². The van der Waals surface area contributed by atoms with Crippen LogP contribution in [-0.2, 0) is 0 Å². The molecule has 0 aromatic rings. The predicted molar refractivity (Wildman–Crippen MR) is 46.9 cm³/mol. The molecule has 0 aromatic carbocycles. The standard InChI is InChI=1S/C5H16N2O3S/c6-2-4-7-3-1-5-11(8,9)10/h7-10H,1-6H2. The Kier molecular flexibility index (Phi) is 5.83. The second-order valence-corrected chi connectivity index (χ2v) is 3.90. The number of nitrogens with two attached hydrogens (primary N) is 1. The highest BCUT2D eigenvalue weighted by atomic mass is 32.3. The van der Waals surface area contributed by atoms with Crippen molar-refractivity contribution < 1.29 is 13.7 Å². The molecule has 0 fully saturated rings. The van der Waals surface area contributed by atoms with Crippen LogP contribution >= 0.6 is 10.9 Å². The van der Waals surface area contributed by atoms with E-state index in [1.165, 1.54) is 0 Å². The molecule has 0 radical (unpaired) electrons. The van der Waals surface area contributed by atoms with Gasteiger partial charge >= 0.3 is 0 Å². The zero-order valence-corrected chi connectivity index (χ0v) is 7.18. The number of hydrogen-bond acceptors (Lipinski definition) is 5. The minimum absolute atomic E-state index is 0.0323. The summed E-state index contributed by atoms with van der Waals surface area (Å²) in [5.74, 6) is 0.0323. The van der Waals surface area contributed by atoms with Gasteiger partial charge in [-0.15, -0.1) is 0 Å². The Balaban J connectivity index is 3.02. The first-order chi connectivity index (χ1) is 5.06. The van der Waals surface area contributed by atoms with Crippen molar-refractivity contribution in [1.29, 1.82) is 0 Å². The molecular formula is C5H16N2O3S. The molecule has 0 bridgehead atoms. The van der Waals surface area contributed by atoms with Crippen LogP contribution in [0.3, 0.4) is 0 Å². The Morgan fingerprint density at radius 3 is 2.27 bits per heavy atom. The van der Waals surface area contributed by atoms with Gasteiger partial charge in [0.2, 0.25) is 0 Å². The van der Waals surface area contributed by atoms with Crippen LogP contribution in [-0.4, -0.2) is 39.0 Å². The van der Waals surface area contributed by atoms with Crippen molar-refractivity contribution in [2.24, 2.45) is 5.73 Å². The quantitative estimate of drug-likeness (QED) is 0.378.